The van der Waals surface area contributed by atoms with Crippen LogP contribution in [0.1, 0.15) is 31.1 Å². The van der Waals surface area contributed by atoms with Gasteiger partial charge in [0.05, 0.1) is 23.3 Å². The molecule has 0 bridgehead atoms. The van der Waals surface area contributed by atoms with Gasteiger partial charge in [0.25, 0.3) is 0 Å². The van der Waals surface area contributed by atoms with Gasteiger partial charge in [0, 0.05) is 24.8 Å². The summed E-state index contributed by atoms with van der Waals surface area (Å²) in [6, 6.07) is 0.257. The second kappa shape index (κ2) is 5.39. The van der Waals surface area contributed by atoms with E-state index >= 15 is 0 Å². The van der Waals surface area contributed by atoms with Gasteiger partial charge in [-0.1, -0.05) is 0 Å². The lowest BCUT2D eigenvalue weighted by Crippen LogP contribution is -2.06. The highest BCUT2D eigenvalue weighted by Crippen LogP contribution is 2.35. The average molecular weight is 363 g/mol. The first-order chi connectivity index (χ1) is 10.4. The van der Waals surface area contributed by atoms with Gasteiger partial charge in [-0.25, -0.2) is 4.98 Å². The fourth-order valence-corrected chi connectivity index (χ4v) is 2.90. The highest BCUT2D eigenvalue weighted by atomic mass is 79.9. The molecule has 116 valence electrons. The number of anilines is 2. The van der Waals surface area contributed by atoms with Crippen LogP contribution in [0, 0.1) is 13.8 Å². The number of pyridine rings is 1. The number of aryl methyl sites for hydroxylation is 2. The van der Waals surface area contributed by atoms with Crippen molar-refractivity contribution in [2.45, 2.75) is 33.7 Å². The van der Waals surface area contributed by atoms with Crippen LogP contribution in [0.25, 0.3) is 11.0 Å². The number of nitrogens with one attached hydrogen (secondary N) is 1. The zero-order valence-corrected chi connectivity index (χ0v) is 14.9. The number of fused-ring (bicyclic) bond motifs is 1. The van der Waals surface area contributed by atoms with E-state index in [9.17, 15) is 0 Å². The molecular weight excluding hydrogens is 344 g/mol. The molecule has 0 aliphatic rings. The number of aromatic nitrogens is 5. The van der Waals surface area contributed by atoms with Gasteiger partial charge in [-0.15, -0.1) is 0 Å². The summed E-state index contributed by atoms with van der Waals surface area (Å²) in [7, 11) is 1.90. The maximum absolute atomic E-state index is 4.66. The van der Waals surface area contributed by atoms with E-state index in [1.807, 2.05) is 38.0 Å². The van der Waals surface area contributed by atoms with Gasteiger partial charge in [0.15, 0.2) is 0 Å². The Morgan fingerprint density at radius 3 is 2.59 bits per heavy atom. The third-order valence-corrected chi connectivity index (χ3v) is 4.42. The third kappa shape index (κ3) is 2.39. The molecule has 3 aromatic rings. The molecule has 0 amide bonds. The van der Waals surface area contributed by atoms with Crippen LogP contribution in [0.5, 0.6) is 0 Å². The van der Waals surface area contributed by atoms with Gasteiger partial charge in [0.2, 0.25) is 0 Å². The fourth-order valence-electron chi connectivity index (χ4n) is 2.53. The molecular formula is C15H19BrN6. The molecule has 0 atom stereocenters. The van der Waals surface area contributed by atoms with Gasteiger partial charge in [-0.05, 0) is 43.6 Å². The van der Waals surface area contributed by atoms with Crippen LogP contribution in [0.3, 0.4) is 0 Å². The zero-order valence-electron chi connectivity index (χ0n) is 13.3. The maximum atomic E-state index is 4.66. The lowest BCUT2D eigenvalue weighted by molar-refractivity contribution is 0.547. The van der Waals surface area contributed by atoms with Crippen molar-refractivity contribution >= 4 is 38.3 Å². The smallest absolute Gasteiger partial charge is 0.115 e. The molecule has 0 aromatic carbocycles. The summed E-state index contributed by atoms with van der Waals surface area (Å²) in [5.41, 5.74) is 5.88. The van der Waals surface area contributed by atoms with E-state index in [1.165, 1.54) is 0 Å². The second-order valence-electron chi connectivity index (χ2n) is 5.75. The Hall–Kier alpha value is -1.89. The van der Waals surface area contributed by atoms with Crippen LogP contribution in [0.15, 0.2) is 17.0 Å². The van der Waals surface area contributed by atoms with Crippen LogP contribution in [0.2, 0.25) is 0 Å². The molecule has 1 N–H and O–H groups in total. The lowest BCUT2D eigenvalue weighted by atomic mass is 10.2. The van der Waals surface area contributed by atoms with E-state index in [1.54, 1.807) is 4.68 Å². The summed E-state index contributed by atoms with van der Waals surface area (Å²) in [4.78, 5) is 4.66. The van der Waals surface area contributed by atoms with Gasteiger partial charge in [-0.3, -0.25) is 9.36 Å². The molecule has 7 heteroatoms. The first-order valence-electron chi connectivity index (χ1n) is 7.19. The molecule has 3 aromatic heterocycles. The van der Waals surface area contributed by atoms with Crippen molar-refractivity contribution in [3.05, 3.63) is 28.3 Å². The minimum atomic E-state index is 0.257. The molecule has 0 unspecified atom stereocenters. The second-order valence-corrected chi connectivity index (χ2v) is 6.50. The van der Waals surface area contributed by atoms with Crippen molar-refractivity contribution in [2.24, 2.45) is 7.05 Å². The van der Waals surface area contributed by atoms with E-state index in [4.69, 9.17) is 0 Å². The summed E-state index contributed by atoms with van der Waals surface area (Å²) in [5.74, 6) is 0. The van der Waals surface area contributed by atoms with E-state index < -0.39 is 0 Å². The number of halogens is 1. The maximum Gasteiger partial charge on any atom is 0.115 e. The molecule has 0 aliphatic carbocycles. The van der Waals surface area contributed by atoms with Gasteiger partial charge in [-0.2, -0.15) is 10.2 Å². The molecule has 22 heavy (non-hydrogen) atoms. The van der Waals surface area contributed by atoms with Crippen molar-refractivity contribution in [1.82, 2.24) is 24.5 Å². The number of rotatable bonds is 3. The number of nitrogens with zero attached hydrogens (tertiary/aromatic N) is 5. The Morgan fingerprint density at radius 2 is 2.00 bits per heavy atom. The third-order valence-electron chi connectivity index (χ3n) is 3.65. The summed E-state index contributed by atoms with van der Waals surface area (Å²) in [5, 5.41) is 12.3. The van der Waals surface area contributed by atoms with E-state index in [-0.39, 0.29) is 6.04 Å². The van der Waals surface area contributed by atoms with Crippen molar-refractivity contribution < 1.29 is 0 Å². The first kappa shape index (κ1) is 15.0. The lowest BCUT2D eigenvalue weighted by Gasteiger charge is -2.14. The van der Waals surface area contributed by atoms with Crippen molar-refractivity contribution in [2.75, 3.05) is 5.32 Å². The topological polar surface area (TPSA) is 60.6 Å². The molecule has 3 rings (SSSR count). The van der Waals surface area contributed by atoms with Crippen LogP contribution in [-0.2, 0) is 7.05 Å². The normalized spacial score (nSPS) is 11.6. The fraction of sp³-hybridized carbons (Fsp3) is 0.400. The number of hydrogen-bond donors (Lipinski definition) is 1. The monoisotopic (exact) mass is 362 g/mol. The first-order valence-corrected chi connectivity index (χ1v) is 7.98. The molecule has 0 aliphatic heterocycles. The number of hydrogen-bond acceptors (Lipinski definition) is 4. The summed E-state index contributed by atoms with van der Waals surface area (Å²) < 4.78 is 4.63. The van der Waals surface area contributed by atoms with Crippen LogP contribution >= 0.6 is 15.9 Å². The molecule has 0 saturated heterocycles. The van der Waals surface area contributed by atoms with E-state index in [0.717, 1.165) is 38.3 Å². The van der Waals surface area contributed by atoms with Crippen molar-refractivity contribution in [3.8, 4) is 0 Å². The largest absolute Gasteiger partial charge is 0.351 e. The van der Waals surface area contributed by atoms with Gasteiger partial charge in [0.1, 0.15) is 15.6 Å². The quantitative estimate of drug-likeness (QED) is 0.718. The molecule has 0 fully saturated rings. The molecule has 6 nitrogen and oxygen atoms in total. The minimum absolute atomic E-state index is 0.257. The van der Waals surface area contributed by atoms with E-state index in [0.29, 0.717) is 0 Å². The van der Waals surface area contributed by atoms with Crippen molar-refractivity contribution in [1.29, 1.82) is 0 Å². The molecule has 3 heterocycles. The Balaban J connectivity index is 2.28. The minimum Gasteiger partial charge on any atom is -0.351 e. The van der Waals surface area contributed by atoms with Crippen LogP contribution in [0.4, 0.5) is 11.4 Å². The van der Waals surface area contributed by atoms with E-state index in [2.05, 4.69) is 50.3 Å². The van der Waals surface area contributed by atoms with Crippen molar-refractivity contribution in [3.63, 3.8) is 0 Å². The Morgan fingerprint density at radius 1 is 1.27 bits per heavy atom. The molecule has 0 saturated carbocycles. The molecule has 0 spiro atoms. The predicted molar refractivity (Wildman–Crippen MR) is 91.6 cm³/mol. The van der Waals surface area contributed by atoms with Crippen LogP contribution < -0.4 is 5.32 Å². The Bertz CT molecular complexity index is 845. The van der Waals surface area contributed by atoms with Gasteiger partial charge >= 0.3 is 0 Å². The highest BCUT2D eigenvalue weighted by Gasteiger charge is 2.19. The average Bonchev–Trinajstić information content (AvgIpc) is 2.99. The van der Waals surface area contributed by atoms with Gasteiger partial charge < -0.3 is 5.32 Å². The Kier molecular flexibility index (Phi) is 3.68. The summed E-state index contributed by atoms with van der Waals surface area (Å²) in [6.07, 6.45) is 3.76. The SMILES string of the molecule is Cc1c(Br)nc2c(C)nn(C(C)C)c2c1Nc1cnn(C)c1. The van der Waals surface area contributed by atoms with Crippen LogP contribution in [-0.4, -0.2) is 24.5 Å². The predicted octanol–water partition coefficient (Wildman–Crippen LogP) is 3.87. The zero-order chi connectivity index (χ0) is 16.0. The molecule has 0 radical (unpaired) electrons. The standard InChI is InChI=1S/C15H19BrN6/c1-8(2)22-14-12(18-11-6-17-21(5)7-11)9(3)15(16)19-13(14)10(4)20-22/h6-8H,1-5H3,(H,18,19). The highest BCUT2D eigenvalue weighted by molar-refractivity contribution is 9.10. The summed E-state index contributed by atoms with van der Waals surface area (Å²) >= 11 is 3.56. The summed E-state index contributed by atoms with van der Waals surface area (Å²) in [6.45, 7) is 8.28. The Labute approximate surface area is 137 Å².